The number of aromatic nitrogens is 3. The molecular weight excluding hydrogens is 360 g/mol. The second-order valence-electron chi connectivity index (χ2n) is 4.34. The number of hydrogen-bond acceptors (Lipinski definition) is 3. The standard InChI is InChI=1S/C12H14Br2N4/c1-6-4-8(5-7(2)9(6)13)10(15)11-12(14)16-17-18(11)3/h4-5,10H,15H2,1-3H3. The summed E-state index contributed by atoms with van der Waals surface area (Å²) in [4.78, 5) is 0. The van der Waals surface area contributed by atoms with Crippen LogP contribution in [0.4, 0.5) is 0 Å². The van der Waals surface area contributed by atoms with Crippen LogP contribution in [0.25, 0.3) is 0 Å². The van der Waals surface area contributed by atoms with Gasteiger partial charge >= 0.3 is 0 Å². The second kappa shape index (κ2) is 5.11. The molecule has 1 aromatic carbocycles. The van der Waals surface area contributed by atoms with Gasteiger partial charge in [-0.3, -0.25) is 0 Å². The van der Waals surface area contributed by atoms with Crippen LogP contribution in [0, 0.1) is 13.8 Å². The van der Waals surface area contributed by atoms with E-state index in [4.69, 9.17) is 5.73 Å². The second-order valence-corrected chi connectivity index (χ2v) is 5.88. The Labute approximate surface area is 123 Å². The van der Waals surface area contributed by atoms with Crippen LogP contribution >= 0.6 is 31.9 Å². The number of nitrogens with two attached hydrogens (primary N) is 1. The van der Waals surface area contributed by atoms with Crippen molar-refractivity contribution in [3.63, 3.8) is 0 Å². The van der Waals surface area contributed by atoms with Gasteiger partial charge in [-0.1, -0.05) is 33.3 Å². The molecule has 0 saturated carbocycles. The first-order valence-corrected chi connectivity index (χ1v) is 7.07. The van der Waals surface area contributed by atoms with Gasteiger partial charge in [0.05, 0.1) is 11.7 Å². The molecule has 96 valence electrons. The Morgan fingerprint density at radius 1 is 1.22 bits per heavy atom. The zero-order valence-electron chi connectivity index (χ0n) is 10.4. The van der Waals surface area contributed by atoms with Crippen LogP contribution in [-0.4, -0.2) is 15.0 Å². The average molecular weight is 374 g/mol. The van der Waals surface area contributed by atoms with Crippen molar-refractivity contribution in [2.75, 3.05) is 0 Å². The molecule has 4 nitrogen and oxygen atoms in total. The third kappa shape index (κ3) is 2.37. The molecule has 2 aromatic rings. The maximum absolute atomic E-state index is 6.30. The zero-order chi connectivity index (χ0) is 13.4. The van der Waals surface area contributed by atoms with Crippen LogP contribution in [0.5, 0.6) is 0 Å². The number of nitrogens with zero attached hydrogens (tertiary/aromatic N) is 3. The lowest BCUT2D eigenvalue weighted by Gasteiger charge is -2.15. The summed E-state index contributed by atoms with van der Waals surface area (Å²) in [5.74, 6) is 0. The first-order valence-electron chi connectivity index (χ1n) is 5.49. The van der Waals surface area contributed by atoms with E-state index < -0.39 is 0 Å². The molecular formula is C12H14Br2N4. The predicted octanol–water partition coefficient (Wildman–Crippen LogP) is 3.01. The van der Waals surface area contributed by atoms with E-state index in [0.29, 0.717) is 4.60 Å². The van der Waals surface area contributed by atoms with Crippen LogP contribution in [0.15, 0.2) is 21.2 Å². The summed E-state index contributed by atoms with van der Waals surface area (Å²) in [7, 11) is 1.84. The minimum absolute atomic E-state index is 0.245. The minimum Gasteiger partial charge on any atom is -0.319 e. The maximum atomic E-state index is 6.30. The summed E-state index contributed by atoms with van der Waals surface area (Å²) in [5, 5.41) is 7.92. The van der Waals surface area contributed by atoms with Crippen LogP contribution in [-0.2, 0) is 7.05 Å². The van der Waals surface area contributed by atoms with Crippen LogP contribution in [0.3, 0.4) is 0 Å². The Morgan fingerprint density at radius 2 is 1.78 bits per heavy atom. The van der Waals surface area contributed by atoms with E-state index in [1.54, 1.807) is 4.68 Å². The lowest BCUT2D eigenvalue weighted by atomic mass is 10.00. The van der Waals surface area contributed by atoms with E-state index in [-0.39, 0.29) is 6.04 Å². The molecule has 0 fully saturated rings. The first kappa shape index (κ1) is 13.7. The third-order valence-corrected chi connectivity index (χ3v) is 4.75. The molecule has 1 atom stereocenters. The monoisotopic (exact) mass is 372 g/mol. The van der Waals surface area contributed by atoms with E-state index in [9.17, 15) is 0 Å². The van der Waals surface area contributed by atoms with Gasteiger partial charge in [-0.15, -0.1) is 5.10 Å². The molecule has 0 bridgehead atoms. The van der Waals surface area contributed by atoms with Gasteiger partial charge in [0.15, 0.2) is 4.60 Å². The SMILES string of the molecule is Cc1cc(C(N)c2c(Br)nnn2C)cc(C)c1Br. The highest BCUT2D eigenvalue weighted by Gasteiger charge is 2.19. The van der Waals surface area contributed by atoms with Crippen molar-refractivity contribution < 1.29 is 0 Å². The van der Waals surface area contributed by atoms with Gasteiger partial charge in [0.1, 0.15) is 0 Å². The van der Waals surface area contributed by atoms with Crippen molar-refractivity contribution in [2.24, 2.45) is 12.8 Å². The highest BCUT2D eigenvalue weighted by molar-refractivity contribution is 9.10. The quantitative estimate of drug-likeness (QED) is 0.880. The van der Waals surface area contributed by atoms with Gasteiger partial charge in [-0.05, 0) is 46.5 Å². The van der Waals surface area contributed by atoms with Crippen molar-refractivity contribution >= 4 is 31.9 Å². The Bertz CT molecular complexity index is 549. The van der Waals surface area contributed by atoms with Crippen molar-refractivity contribution in [3.8, 4) is 0 Å². The molecule has 0 amide bonds. The van der Waals surface area contributed by atoms with Crippen molar-refractivity contribution in [1.29, 1.82) is 0 Å². The maximum Gasteiger partial charge on any atom is 0.153 e. The zero-order valence-corrected chi connectivity index (χ0v) is 13.6. The Kier molecular flexibility index (Phi) is 3.89. The van der Waals surface area contributed by atoms with Gasteiger partial charge in [0, 0.05) is 11.5 Å². The smallest absolute Gasteiger partial charge is 0.153 e. The molecule has 0 aliphatic carbocycles. The molecule has 0 aliphatic heterocycles. The summed E-state index contributed by atoms with van der Waals surface area (Å²) in [6, 6.07) is 3.92. The predicted molar refractivity (Wildman–Crippen MR) is 78.3 cm³/mol. The number of rotatable bonds is 2. The van der Waals surface area contributed by atoms with Gasteiger partial charge in [-0.25, -0.2) is 4.68 Å². The molecule has 0 spiro atoms. The number of benzene rings is 1. The molecule has 1 heterocycles. The Hall–Kier alpha value is -0.720. The van der Waals surface area contributed by atoms with Crippen LogP contribution in [0.1, 0.15) is 28.4 Å². The summed E-state index contributed by atoms with van der Waals surface area (Å²) in [5.41, 5.74) is 10.6. The Balaban J connectivity index is 2.50. The molecule has 2 N–H and O–H groups in total. The fourth-order valence-electron chi connectivity index (χ4n) is 1.99. The molecule has 18 heavy (non-hydrogen) atoms. The molecule has 1 unspecified atom stereocenters. The van der Waals surface area contributed by atoms with Gasteiger partial charge in [-0.2, -0.15) is 0 Å². The molecule has 2 rings (SSSR count). The normalized spacial score (nSPS) is 12.8. The van der Waals surface area contributed by atoms with E-state index in [1.807, 2.05) is 7.05 Å². The molecule has 0 saturated heterocycles. The average Bonchev–Trinajstić information content (AvgIpc) is 2.64. The number of halogens is 2. The van der Waals surface area contributed by atoms with Crippen LogP contribution < -0.4 is 5.73 Å². The number of aryl methyl sites for hydroxylation is 3. The molecule has 1 aromatic heterocycles. The van der Waals surface area contributed by atoms with E-state index in [0.717, 1.165) is 15.7 Å². The third-order valence-electron chi connectivity index (χ3n) is 2.94. The summed E-state index contributed by atoms with van der Waals surface area (Å²) < 4.78 is 3.51. The van der Waals surface area contributed by atoms with E-state index >= 15 is 0 Å². The molecule has 0 aliphatic rings. The van der Waals surface area contributed by atoms with Crippen molar-refractivity contribution in [3.05, 3.63) is 43.6 Å². The van der Waals surface area contributed by atoms with Gasteiger partial charge < -0.3 is 5.73 Å². The molecule has 0 radical (unpaired) electrons. The number of hydrogen-bond donors (Lipinski definition) is 1. The summed E-state index contributed by atoms with van der Waals surface area (Å²) in [6.45, 7) is 4.12. The minimum atomic E-state index is -0.245. The van der Waals surface area contributed by atoms with E-state index in [1.165, 1.54) is 11.1 Å². The van der Waals surface area contributed by atoms with Gasteiger partial charge in [0.25, 0.3) is 0 Å². The van der Waals surface area contributed by atoms with E-state index in [2.05, 4.69) is 68.2 Å². The van der Waals surface area contributed by atoms with Crippen LogP contribution in [0.2, 0.25) is 0 Å². The lowest BCUT2D eigenvalue weighted by molar-refractivity contribution is 0.650. The first-order chi connectivity index (χ1) is 8.41. The topological polar surface area (TPSA) is 56.7 Å². The van der Waals surface area contributed by atoms with Crippen molar-refractivity contribution in [1.82, 2.24) is 15.0 Å². The summed E-state index contributed by atoms with van der Waals surface area (Å²) in [6.07, 6.45) is 0. The molecule has 6 heteroatoms. The van der Waals surface area contributed by atoms with Gasteiger partial charge in [0.2, 0.25) is 0 Å². The summed E-state index contributed by atoms with van der Waals surface area (Å²) >= 11 is 6.94. The fraction of sp³-hybridized carbons (Fsp3) is 0.333. The fourth-order valence-corrected chi connectivity index (χ4v) is 2.79. The largest absolute Gasteiger partial charge is 0.319 e. The Morgan fingerprint density at radius 3 is 2.22 bits per heavy atom. The van der Waals surface area contributed by atoms with Crippen molar-refractivity contribution in [2.45, 2.75) is 19.9 Å². The highest BCUT2D eigenvalue weighted by Crippen LogP contribution is 2.29. The highest BCUT2D eigenvalue weighted by atomic mass is 79.9. The lowest BCUT2D eigenvalue weighted by Crippen LogP contribution is -2.17.